The van der Waals surface area contributed by atoms with Crippen LogP contribution < -0.4 is 0 Å². The first-order valence-electron chi connectivity index (χ1n) is 5.32. The van der Waals surface area contributed by atoms with Crippen molar-refractivity contribution in [3.8, 4) is 0 Å². The Morgan fingerprint density at radius 3 is 2.88 bits per heavy atom. The molecule has 2 rings (SSSR count). The van der Waals surface area contributed by atoms with E-state index in [0.29, 0.717) is 19.4 Å². The zero-order valence-electron chi connectivity index (χ0n) is 9.14. The Hall–Kier alpha value is -1.59. The van der Waals surface area contributed by atoms with Gasteiger partial charge in [0.05, 0.1) is 6.54 Å². The van der Waals surface area contributed by atoms with Crippen molar-refractivity contribution in [2.45, 2.75) is 25.9 Å². The molecule has 0 spiro atoms. The molecule has 1 atom stereocenters. The number of carbonyl (C=O) groups is 3. The third-order valence-corrected chi connectivity index (χ3v) is 2.92. The second kappa shape index (κ2) is 4.11. The van der Waals surface area contributed by atoms with Gasteiger partial charge in [-0.2, -0.15) is 0 Å². The first-order valence-corrected chi connectivity index (χ1v) is 5.32. The predicted octanol–water partition coefficient (Wildman–Crippen LogP) is -0.660. The summed E-state index contributed by atoms with van der Waals surface area (Å²) in [6, 6.07) is 0. The fraction of sp³-hybridized carbons (Fsp3) is 0.700. The van der Waals surface area contributed by atoms with Crippen molar-refractivity contribution in [1.29, 1.82) is 0 Å². The molecule has 6 heteroatoms. The van der Waals surface area contributed by atoms with Crippen LogP contribution in [0.5, 0.6) is 0 Å². The van der Waals surface area contributed by atoms with Gasteiger partial charge in [0.25, 0.3) is 0 Å². The van der Waals surface area contributed by atoms with Crippen LogP contribution in [0.25, 0.3) is 0 Å². The Balaban J connectivity index is 1.92. The largest absolute Gasteiger partial charge is 0.464 e. The molecular weight excluding hydrogens is 212 g/mol. The van der Waals surface area contributed by atoms with Crippen LogP contribution in [0.15, 0.2) is 0 Å². The number of esters is 1. The summed E-state index contributed by atoms with van der Waals surface area (Å²) in [5.74, 6) is -0.385. The number of rotatable bonds is 3. The maximum Gasteiger partial charge on any atom is 0.302 e. The van der Waals surface area contributed by atoms with E-state index in [9.17, 15) is 14.4 Å². The Morgan fingerprint density at radius 2 is 2.19 bits per heavy atom. The van der Waals surface area contributed by atoms with E-state index in [1.54, 1.807) is 9.80 Å². The van der Waals surface area contributed by atoms with Crippen LogP contribution in [0, 0.1) is 0 Å². The Morgan fingerprint density at radius 1 is 1.44 bits per heavy atom. The number of nitrogens with zero attached hydrogens (tertiary/aromatic N) is 2. The van der Waals surface area contributed by atoms with Gasteiger partial charge >= 0.3 is 5.97 Å². The highest BCUT2D eigenvalue weighted by atomic mass is 16.5. The molecule has 2 heterocycles. The monoisotopic (exact) mass is 226 g/mol. The molecule has 1 unspecified atom stereocenters. The normalized spacial score (nSPS) is 23.9. The Kier molecular flexibility index (Phi) is 2.80. The minimum Gasteiger partial charge on any atom is -0.464 e. The van der Waals surface area contributed by atoms with Crippen molar-refractivity contribution in [3.05, 3.63) is 0 Å². The van der Waals surface area contributed by atoms with Crippen LogP contribution >= 0.6 is 0 Å². The average Bonchev–Trinajstić information content (AvgIpc) is 2.69. The first-order chi connectivity index (χ1) is 7.59. The summed E-state index contributed by atoms with van der Waals surface area (Å²) in [4.78, 5) is 36.8. The molecule has 0 aromatic heterocycles. The summed E-state index contributed by atoms with van der Waals surface area (Å²) >= 11 is 0. The summed E-state index contributed by atoms with van der Waals surface area (Å²) in [5.41, 5.74) is 0. The van der Waals surface area contributed by atoms with Gasteiger partial charge in [-0.15, -0.1) is 0 Å². The molecule has 0 aromatic rings. The molecular formula is C10H14N2O4. The summed E-state index contributed by atoms with van der Waals surface area (Å²) in [5, 5.41) is 0. The third-order valence-electron chi connectivity index (χ3n) is 2.92. The molecule has 2 amide bonds. The lowest BCUT2D eigenvalue weighted by atomic mass is 10.3. The molecule has 0 N–H and O–H groups in total. The van der Waals surface area contributed by atoms with E-state index in [1.807, 2.05) is 0 Å². The number of carbonyl (C=O) groups excluding carboxylic acids is 3. The van der Waals surface area contributed by atoms with Crippen LogP contribution in [0.3, 0.4) is 0 Å². The first kappa shape index (κ1) is 10.9. The molecule has 0 saturated carbocycles. The van der Waals surface area contributed by atoms with Crippen LogP contribution in [0.4, 0.5) is 0 Å². The smallest absolute Gasteiger partial charge is 0.302 e. The lowest BCUT2D eigenvalue weighted by Crippen LogP contribution is -2.38. The highest BCUT2D eigenvalue weighted by Crippen LogP contribution is 2.26. The molecule has 6 nitrogen and oxygen atoms in total. The highest BCUT2D eigenvalue weighted by Gasteiger charge is 2.44. The van der Waals surface area contributed by atoms with Crippen LogP contribution in [-0.2, 0) is 19.1 Å². The maximum absolute atomic E-state index is 11.6. The fourth-order valence-electron chi connectivity index (χ4n) is 2.20. The van der Waals surface area contributed by atoms with Gasteiger partial charge in [-0.05, 0) is 6.42 Å². The highest BCUT2D eigenvalue weighted by molar-refractivity contribution is 5.90. The van der Waals surface area contributed by atoms with E-state index in [4.69, 9.17) is 4.74 Å². The van der Waals surface area contributed by atoms with Crippen molar-refractivity contribution in [3.63, 3.8) is 0 Å². The minimum atomic E-state index is -0.356. The minimum absolute atomic E-state index is 0.0355. The van der Waals surface area contributed by atoms with E-state index >= 15 is 0 Å². The standard InChI is InChI=1S/C10H14N2O4/c1-7(13)16-5-4-11-8-2-3-9(14)12(8)6-10(11)15/h8H,2-6H2,1H3. The van der Waals surface area contributed by atoms with Crippen LogP contribution in [0.2, 0.25) is 0 Å². The lowest BCUT2D eigenvalue weighted by Gasteiger charge is -2.23. The second-order valence-electron chi connectivity index (χ2n) is 3.97. The summed E-state index contributed by atoms with van der Waals surface area (Å²) in [7, 11) is 0. The van der Waals surface area contributed by atoms with Crippen LogP contribution in [-0.4, -0.2) is 53.4 Å². The van der Waals surface area contributed by atoms with Gasteiger partial charge in [-0.1, -0.05) is 0 Å². The molecule has 88 valence electrons. The van der Waals surface area contributed by atoms with E-state index in [2.05, 4.69) is 0 Å². The maximum atomic E-state index is 11.6. The van der Waals surface area contributed by atoms with Crippen molar-refractivity contribution in [2.24, 2.45) is 0 Å². The molecule has 0 aromatic carbocycles. The van der Waals surface area contributed by atoms with Gasteiger partial charge in [-0.25, -0.2) is 0 Å². The molecule has 16 heavy (non-hydrogen) atoms. The number of fused-ring (bicyclic) bond motifs is 1. The molecule has 0 radical (unpaired) electrons. The molecule has 2 aliphatic heterocycles. The lowest BCUT2D eigenvalue weighted by molar-refractivity contribution is -0.143. The van der Waals surface area contributed by atoms with Gasteiger partial charge in [-0.3, -0.25) is 14.4 Å². The molecule has 2 saturated heterocycles. The Labute approximate surface area is 93.1 Å². The zero-order valence-corrected chi connectivity index (χ0v) is 9.14. The number of ether oxygens (including phenoxy) is 1. The van der Waals surface area contributed by atoms with E-state index in [-0.39, 0.29) is 37.1 Å². The van der Waals surface area contributed by atoms with Gasteiger partial charge < -0.3 is 14.5 Å². The van der Waals surface area contributed by atoms with E-state index in [0.717, 1.165) is 0 Å². The third kappa shape index (κ3) is 1.87. The van der Waals surface area contributed by atoms with E-state index < -0.39 is 0 Å². The summed E-state index contributed by atoms with van der Waals surface area (Å²) in [6.07, 6.45) is 1.07. The molecule has 2 aliphatic rings. The van der Waals surface area contributed by atoms with Gasteiger partial charge in [0.15, 0.2) is 0 Å². The van der Waals surface area contributed by atoms with Crippen LogP contribution in [0.1, 0.15) is 19.8 Å². The average molecular weight is 226 g/mol. The van der Waals surface area contributed by atoms with Gasteiger partial charge in [0.2, 0.25) is 11.8 Å². The SMILES string of the molecule is CC(=O)OCCN1C(=O)CN2C(=O)CCC12. The number of amides is 2. The quantitative estimate of drug-likeness (QED) is 0.599. The van der Waals surface area contributed by atoms with E-state index in [1.165, 1.54) is 6.92 Å². The van der Waals surface area contributed by atoms with Crippen molar-refractivity contribution < 1.29 is 19.1 Å². The predicted molar refractivity (Wildman–Crippen MR) is 53.1 cm³/mol. The van der Waals surface area contributed by atoms with Crippen molar-refractivity contribution in [2.75, 3.05) is 19.7 Å². The summed E-state index contributed by atoms with van der Waals surface area (Å²) < 4.78 is 4.79. The zero-order chi connectivity index (χ0) is 11.7. The molecule has 0 aliphatic carbocycles. The second-order valence-corrected chi connectivity index (χ2v) is 3.97. The fourth-order valence-corrected chi connectivity index (χ4v) is 2.20. The van der Waals surface area contributed by atoms with Gasteiger partial charge in [0, 0.05) is 13.3 Å². The van der Waals surface area contributed by atoms with Crippen molar-refractivity contribution in [1.82, 2.24) is 9.80 Å². The molecule has 2 fully saturated rings. The topological polar surface area (TPSA) is 66.9 Å². The van der Waals surface area contributed by atoms with Crippen molar-refractivity contribution >= 4 is 17.8 Å². The summed E-state index contributed by atoms with van der Waals surface area (Å²) in [6.45, 7) is 2.06. The molecule has 0 bridgehead atoms. The number of hydrogen-bond donors (Lipinski definition) is 0. The van der Waals surface area contributed by atoms with Gasteiger partial charge in [0.1, 0.15) is 19.3 Å². The Bertz CT molecular complexity index is 342. The number of hydrogen-bond acceptors (Lipinski definition) is 4.